The molecule has 1 aromatic heterocycles. The highest BCUT2D eigenvalue weighted by atomic mass is 32.2. The van der Waals surface area contributed by atoms with Crippen LogP contribution in [0.3, 0.4) is 0 Å². The van der Waals surface area contributed by atoms with Crippen molar-refractivity contribution in [1.82, 2.24) is 4.98 Å². The van der Waals surface area contributed by atoms with Gasteiger partial charge < -0.3 is 5.32 Å². The van der Waals surface area contributed by atoms with Crippen LogP contribution in [0.1, 0.15) is 11.3 Å². The molecule has 6 heteroatoms. The van der Waals surface area contributed by atoms with Gasteiger partial charge in [-0.2, -0.15) is 0 Å². The molecule has 0 aliphatic carbocycles. The second-order valence-electron chi connectivity index (χ2n) is 5.85. The average Bonchev–Trinajstić information content (AvgIpc) is 2.68. The van der Waals surface area contributed by atoms with Gasteiger partial charge in [0.05, 0.1) is 16.3 Å². The molecule has 0 saturated carbocycles. The predicted molar refractivity (Wildman–Crippen MR) is 106 cm³/mol. The summed E-state index contributed by atoms with van der Waals surface area (Å²) in [6, 6.07) is 20.6. The van der Waals surface area contributed by atoms with Crippen LogP contribution in [-0.2, 0) is 20.4 Å². The van der Waals surface area contributed by atoms with Crippen LogP contribution < -0.4 is 5.32 Å². The molecule has 2 aromatic carbocycles. The number of rotatable bonds is 6. The highest BCUT2D eigenvalue weighted by molar-refractivity contribution is 7.90. The number of amides is 1. The number of anilines is 1. The lowest BCUT2D eigenvalue weighted by atomic mass is 10.2. The van der Waals surface area contributed by atoms with Crippen molar-refractivity contribution in [3.05, 3.63) is 96.3 Å². The van der Waals surface area contributed by atoms with Gasteiger partial charge in [-0.05, 0) is 48.0 Å². The standard InChI is InChI=1S/C21H18N2O3S/c24-21(14-11-18-8-4-5-15-22-18)23-19-9-12-20(13-10-19)27(25,26)16-17-6-2-1-3-7-17/h1-15H,16H2,(H,23,24)/b14-11+. The van der Waals surface area contributed by atoms with Crippen molar-refractivity contribution in [1.29, 1.82) is 0 Å². The third-order valence-electron chi connectivity index (χ3n) is 3.77. The minimum Gasteiger partial charge on any atom is -0.323 e. The van der Waals surface area contributed by atoms with Crippen LogP contribution in [0.15, 0.2) is 90.0 Å². The molecule has 5 nitrogen and oxygen atoms in total. The molecule has 0 spiro atoms. The van der Waals surface area contributed by atoms with Crippen LogP contribution in [0.4, 0.5) is 5.69 Å². The molecular weight excluding hydrogens is 360 g/mol. The van der Waals surface area contributed by atoms with Crippen molar-refractivity contribution < 1.29 is 13.2 Å². The highest BCUT2D eigenvalue weighted by Gasteiger charge is 2.15. The quantitative estimate of drug-likeness (QED) is 0.664. The van der Waals surface area contributed by atoms with Gasteiger partial charge in [-0.3, -0.25) is 9.78 Å². The predicted octanol–water partition coefficient (Wildman–Crippen LogP) is 3.71. The number of nitrogens with one attached hydrogen (secondary N) is 1. The lowest BCUT2D eigenvalue weighted by Gasteiger charge is -2.07. The summed E-state index contributed by atoms with van der Waals surface area (Å²) in [4.78, 5) is 16.3. The molecule has 1 N–H and O–H groups in total. The van der Waals surface area contributed by atoms with E-state index < -0.39 is 9.84 Å². The summed E-state index contributed by atoms with van der Waals surface area (Å²) >= 11 is 0. The first-order chi connectivity index (χ1) is 13.0. The fourth-order valence-corrected chi connectivity index (χ4v) is 3.79. The van der Waals surface area contributed by atoms with Crippen molar-refractivity contribution in [3.8, 4) is 0 Å². The highest BCUT2D eigenvalue weighted by Crippen LogP contribution is 2.19. The van der Waals surface area contributed by atoms with E-state index in [9.17, 15) is 13.2 Å². The molecule has 0 unspecified atom stereocenters. The number of carbonyl (C=O) groups is 1. The molecule has 0 aliphatic rings. The van der Waals surface area contributed by atoms with Crippen LogP contribution >= 0.6 is 0 Å². The molecule has 27 heavy (non-hydrogen) atoms. The van der Waals surface area contributed by atoms with Crippen LogP contribution in [0.2, 0.25) is 0 Å². The molecule has 0 saturated heterocycles. The lowest BCUT2D eigenvalue weighted by molar-refractivity contribution is -0.111. The summed E-state index contributed by atoms with van der Waals surface area (Å²) in [6.45, 7) is 0. The molecule has 0 bridgehead atoms. The van der Waals surface area contributed by atoms with Crippen LogP contribution in [-0.4, -0.2) is 19.3 Å². The SMILES string of the molecule is O=C(/C=C/c1ccccn1)Nc1ccc(S(=O)(=O)Cc2ccccc2)cc1. The first kappa shape index (κ1) is 18.5. The second kappa shape index (κ2) is 8.42. The van der Waals surface area contributed by atoms with Crippen molar-refractivity contribution >= 4 is 27.5 Å². The van der Waals surface area contributed by atoms with Crippen LogP contribution in [0.25, 0.3) is 6.08 Å². The van der Waals surface area contributed by atoms with E-state index in [1.807, 2.05) is 24.3 Å². The second-order valence-corrected chi connectivity index (χ2v) is 7.84. The maximum absolute atomic E-state index is 12.5. The Balaban J connectivity index is 1.64. The van der Waals surface area contributed by atoms with Crippen molar-refractivity contribution in [2.45, 2.75) is 10.6 Å². The maximum Gasteiger partial charge on any atom is 0.248 e. The van der Waals surface area contributed by atoms with Gasteiger partial charge in [-0.15, -0.1) is 0 Å². The number of pyridine rings is 1. The zero-order chi connectivity index (χ0) is 19.1. The number of carbonyl (C=O) groups excluding carboxylic acids is 1. The molecule has 0 radical (unpaired) electrons. The summed E-state index contributed by atoms with van der Waals surface area (Å²) in [7, 11) is -3.44. The molecule has 1 heterocycles. The minimum absolute atomic E-state index is 0.0631. The first-order valence-electron chi connectivity index (χ1n) is 8.30. The molecule has 0 aliphatic heterocycles. The fourth-order valence-electron chi connectivity index (χ4n) is 2.44. The Morgan fingerprint density at radius 2 is 1.63 bits per heavy atom. The minimum atomic E-state index is -3.44. The largest absolute Gasteiger partial charge is 0.323 e. The number of sulfone groups is 1. The number of hydrogen-bond acceptors (Lipinski definition) is 4. The number of hydrogen-bond donors (Lipinski definition) is 1. The zero-order valence-corrected chi connectivity index (χ0v) is 15.3. The average molecular weight is 378 g/mol. The van der Waals surface area contributed by atoms with Crippen molar-refractivity contribution in [3.63, 3.8) is 0 Å². The Morgan fingerprint density at radius 3 is 2.30 bits per heavy atom. The summed E-state index contributed by atoms with van der Waals surface area (Å²) < 4.78 is 25.0. The van der Waals surface area contributed by atoms with Gasteiger partial charge in [0.15, 0.2) is 9.84 Å². The molecule has 0 atom stereocenters. The summed E-state index contributed by atoms with van der Waals surface area (Å²) in [6.07, 6.45) is 4.63. The van der Waals surface area contributed by atoms with E-state index in [1.165, 1.54) is 18.2 Å². The van der Waals surface area contributed by atoms with E-state index in [-0.39, 0.29) is 16.6 Å². The zero-order valence-electron chi connectivity index (χ0n) is 14.4. The van der Waals surface area contributed by atoms with Crippen LogP contribution in [0, 0.1) is 0 Å². The molecular formula is C21H18N2O3S. The third kappa shape index (κ3) is 5.36. The van der Waals surface area contributed by atoms with E-state index in [0.717, 1.165) is 5.56 Å². The van der Waals surface area contributed by atoms with Gasteiger partial charge in [0, 0.05) is 18.0 Å². The molecule has 0 fully saturated rings. The summed E-state index contributed by atoms with van der Waals surface area (Å²) in [5, 5.41) is 2.69. The fraction of sp³-hybridized carbons (Fsp3) is 0.0476. The van der Waals surface area contributed by atoms with Gasteiger partial charge in [0.25, 0.3) is 0 Å². The summed E-state index contributed by atoms with van der Waals surface area (Å²) in [5.41, 5.74) is 1.92. The van der Waals surface area contributed by atoms with Crippen LogP contribution in [0.5, 0.6) is 0 Å². The van der Waals surface area contributed by atoms with E-state index in [0.29, 0.717) is 11.4 Å². The Kier molecular flexibility index (Phi) is 5.78. The molecule has 3 aromatic rings. The van der Waals surface area contributed by atoms with E-state index >= 15 is 0 Å². The smallest absolute Gasteiger partial charge is 0.248 e. The number of benzene rings is 2. The Bertz CT molecular complexity index is 1030. The molecule has 1 amide bonds. The monoisotopic (exact) mass is 378 g/mol. The van der Waals surface area contributed by atoms with Crippen molar-refractivity contribution in [2.24, 2.45) is 0 Å². The third-order valence-corrected chi connectivity index (χ3v) is 5.48. The van der Waals surface area contributed by atoms with Gasteiger partial charge >= 0.3 is 0 Å². The number of nitrogens with zero attached hydrogens (tertiary/aromatic N) is 1. The molecule has 3 rings (SSSR count). The topological polar surface area (TPSA) is 76.1 Å². The van der Waals surface area contributed by atoms with Gasteiger partial charge in [-0.25, -0.2) is 8.42 Å². The van der Waals surface area contributed by atoms with E-state index in [1.54, 1.807) is 48.7 Å². The maximum atomic E-state index is 12.5. The normalized spacial score (nSPS) is 11.4. The number of aromatic nitrogens is 1. The summed E-state index contributed by atoms with van der Waals surface area (Å²) in [5.74, 6) is -0.382. The Morgan fingerprint density at radius 1 is 0.926 bits per heavy atom. The molecule has 136 valence electrons. The van der Waals surface area contributed by atoms with E-state index in [2.05, 4.69) is 10.3 Å². The van der Waals surface area contributed by atoms with Gasteiger partial charge in [0.2, 0.25) is 5.91 Å². The van der Waals surface area contributed by atoms with E-state index in [4.69, 9.17) is 0 Å². The Labute approximate surface area is 158 Å². The van der Waals surface area contributed by atoms with Gasteiger partial charge in [-0.1, -0.05) is 36.4 Å². The lowest BCUT2D eigenvalue weighted by Crippen LogP contribution is -2.09. The first-order valence-corrected chi connectivity index (χ1v) is 9.95. The van der Waals surface area contributed by atoms with Crippen molar-refractivity contribution in [2.75, 3.05) is 5.32 Å². The Hall–Kier alpha value is -3.25. The van der Waals surface area contributed by atoms with Gasteiger partial charge in [0.1, 0.15) is 0 Å².